The van der Waals surface area contributed by atoms with Crippen molar-refractivity contribution in [3.05, 3.63) is 12.7 Å². The summed E-state index contributed by atoms with van der Waals surface area (Å²) >= 11 is 0. The van der Waals surface area contributed by atoms with E-state index in [0.717, 1.165) is 32.1 Å². The van der Waals surface area contributed by atoms with Gasteiger partial charge in [-0.1, -0.05) is 25.3 Å². The lowest BCUT2D eigenvalue weighted by Crippen LogP contribution is -2.41. The molecule has 1 aliphatic rings. The van der Waals surface area contributed by atoms with E-state index < -0.39 is 21.4 Å². The number of carboxylic acid groups (broad SMARTS) is 1. The molecule has 0 bridgehead atoms. The number of hydrogen-bond acceptors (Lipinski definition) is 3. The van der Waals surface area contributed by atoms with Crippen LogP contribution < -0.4 is 4.72 Å². The Balaban J connectivity index is 2.67. The minimum Gasteiger partial charge on any atom is -0.481 e. The maximum absolute atomic E-state index is 11.6. The first kappa shape index (κ1) is 15.2. The third kappa shape index (κ3) is 4.78. The molecule has 2 N–H and O–H groups in total. The summed E-state index contributed by atoms with van der Waals surface area (Å²) in [6.07, 6.45) is 5.94. The topological polar surface area (TPSA) is 83.5 Å². The first-order valence-corrected chi connectivity index (χ1v) is 7.84. The molecule has 0 aromatic rings. The first-order valence-electron chi connectivity index (χ1n) is 6.19. The number of sulfonamides is 1. The number of hydrogen-bond donors (Lipinski definition) is 2. The molecule has 0 heterocycles. The van der Waals surface area contributed by atoms with Gasteiger partial charge in [-0.05, 0) is 18.3 Å². The highest BCUT2D eigenvalue weighted by Gasteiger charge is 2.35. The molecule has 0 spiro atoms. The minimum absolute atomic E-state index is 0.0314. The van der Waals surface area contributed by atoms with Crippen molar-refractivity contribution in [3.8, 4) is 0 Å². The molecular formula is C12H21NO4S. The Labute approximate surface area is 108 Å². The SMILES string of the molecule is C=CCS(=O)(=O)NCC1(CC(=O)O)CCCCC1. The van der Waals surface area contributed by atoms with Crippen molar-refractivity contribution in [2.24, 2.45) is 5.41 Å². The van der Waals surface area contributed by atoms with Crippen LogP contribution in [0.25, 0.3) is 0 Å². The molecule has 104 valence electrons. The molecule has 6 heteroatoms. The van der Waals surface area contributed by atoms with Crippen LogP contribution in [0.4, 0.5) is 0 Å². The normalized spacial score (nSPS) is 19.3. The number of rotatable bonds is 7. The van der Waals surface area contributed by atoms with Gasteiger partial charge in [0.05, 0.1) is 12.2 Å². The van der Waals surface area contributed by atoms with Crippen LogP contribution >= 0.6 is 0 Å². The van der Waals surface area contributed by atoms with E-state index in [2.05, 4.69) is 11.3 Å². The summed E-state index contributed by atoms with van der Waals surface area (Å²) in [6.45, 7) is 3.61. The molecule has 0 aromatic heterocycles. The van der Waals surface area contributed by atoms with Crippen LogP contribution in [0.1, 0.15) is 38.5 Å². The van der Waals surface area contributed by atoms with Crippen molar-refractivity contribution in [1.82, 2.24) is 4.72 Å². The number of aliphatic carboxylic acids is 1. The Hall–Kier alpha value is -0.880. The molecule has 1 saturated carbocycles. The Morgan fingerprint density at radius 2 is 1.94 bits per heavy atom. The highest BCUT2D eigenvalue weighted by atomic mass is 32.2. The first-order chi connectivity index (χ1) is 8.39. The molecule has 1 rings (SSSR count). The Kier molecular flexibility index (Phi) is 5.34. The van der Waals surface area contributed by atoms with E-state index in [1.165, 1.54) is 6.08 Å². The summed E-state index contributed by atoms with van der Waals surface area (Å²) < 4.78 is 25.7. The van der Waals surface area contributed by atoms with Crippen molar-refractivity contribution < 1.29 is 18.3 Å². The van der Waals surface area contributed by atoms with Crippen LogP contribution in [0.15, 0.2) is 12.7 Å². The van der Waals surface area contributed by atoms with Crippen LogP contribution in [0.3, 0.4) is 0 Å². The molecule has 18 heavy (non-hydrogen) atoms. The molecule has 1 aliphatic carbocycles. The van der Waals surface area contributed by atoms with Crippen LogP contribution in [0, 0.1) is 5.41 Å². The molecule has 0 unspecified atom stereocenters. The van der Waals surface area contributed by atoms with Gasteiger partial charge in [-0.25, -0.2) is 13.1 Å². The summed E-state index contributed by atoms with van der Waals surface area (Å²) in [5.41, 5.74) is -0.418. The third-order valence-corrected chi connectivity index (χ3v) is 4.70. The summed E-state index contributed by atoms with van der Waals surface area (Å²) in [6, 6.07) is 0. The molecule has 1 fully saturated rings. The minimum atomic E-state index is -3.37. The van der Waals surface area contributed by atoms with Gasteiger partial charge in [-0.15, -0.1) is 6.58 Å². The van der Waals surface area contributed by atoms with Gasteiger partial charge in [0.1, 0.15) is 0 Å². The predicted molar refractivity (Wildman–Crippen MR) is 69.8 cm³/mol. The smallest absolute Gasteiger partial charge is 0.303 e. The second-order valence-electron chi connectivity index (χ2n) is 5.02. The van der Waals surface area contributed by atoms with Crippen LogP contribution in [-0.4, -0.2) is 31.8 Å². The Morgan fingerprint density at radius 1 is 1.33 bits per heavy atom. The quantitative estimate of drug-likeness (QED) is 0.690. The standard InChI is InChI=1S/C12H21NO4S/c1-2-8-18(16,17)13-10-12(9-11(14)15)6-4-3-5-7-12/h2,13H,1,3-10H2,(H,14,15). The fourth-order valence-corrected chi connectivity index (χ4v) is 3.47. The van der Waals surface area contributed by atoms with E-state index >= 15 is 0 Å². The fourth-order valence-electron chi connectivity index (χ4n) is 2.52. The molecule has 0 atom stereocenters. The number of carboxylic acids is 1. The van der Waals surface area contributed by atoms with Crippen LogP contribution in [0.5, 0.6) is 0 Å². The average Bonchev–Trinajstić information content (AvgIpc) is 2.27. The van der Waals surface area contributed by atoms with Gasteiger partial charge in [0.2, 0.25) is 10.0 Å². The zero-order chi connectivity index (χ0) is 13.6. The van der Waals surface area contributed by atoms with E-state index in [0.29, 0.717) is 0 Å². The molecule has 5 nitrogen and oxygen atoms in total. The second kappa shape index (κ2) is 6.33. The van der Waals surface area contributed by atoms with E-state index in [-0.39, 0.29) is 18.7 Å². The van der Waals surface area contributed by atoms with Gasteiger partial charge in [0.25, 0.3) is 0 Å². The van der Waals surface area contributed by atoms with Crippen molar-refractivity contribution in [1.29, 1.82) is 0 Å². The zero-order valence-electron chi connectivity index (χ0n) is 10.5. The molecule has 0 saturated heterocycles. The fraction of sp³-hybridized carbons (Fsp3) is 0.750. The lowest BCUT2D eigenvalue weighted by molar-refractivity contribution is -0.140. The largest absolute Gasteiger partial charge is 0.481 e. The summed E-state index contributed by atoms with van der Waals surface area (Å²) in [5.74, 6) is -0.990. The summed E-state index contributed by atoms with van der Waals surface area (Å²) in [5, 5.41) is 8.97. The second-order valence-corrected chi connectivity index (χ2v) is 6.87. The van der Waals surface area contributed by atoms with Crippen LogP contribution in [0.2, 0.25) is 0 Å². The van der Waals surface area contributed by atoms with E-state index in [1.807, 2.05) is 0 Å². The van der Waals surface area contributed by atoms with Crippen LogP contribution in [-0.2, 0) is 14.8 Å². The van der Waals surface area contributed by atoms with Crippen molar-refractivity contribution in [2.75, 3.05) is 12.3 Å². The number of nitrogens with one attached hydrogen (secondary N) is 1. The number of carbonyl (C=O) groups is 1. The molecule has 0 aliphatic heterocycles. The Morgan fingerprint density at radius 3 is 2.44 bits per heavy atom. The van der Waals surface area contributed by atoms with Gasteiger partial charge in [-0.3, -0.25) is 4.79 Å². The third-order valence-electron chi connectivity index (χ3n) is 3.44. The lowest BCUT2D eigenvalue weighted by atomic mass is 9.72. The zero-order valence-corrected chi connectivity index (χ0v) is 11.3. The van der Waals surface area contributed by atoms with Gasteiger partial charge < -0.3 is 5.11 Å². The summed E-state index contributed by atoms with van der Waals surface area (Å²) in [4.78, 5) is 10.9. The van der Waals surface area contributed by atoms with Gasteiger partial charge >= 0.3 is 5.97 Å². The maximum Gasteiger partial charge on any atom is 0.303 e. The monoisotopic (exact) mass is 275 g/mol. The highest BCUT2D eigenvalue weighted by Crippen LogP contribution is 2.38. The lowest BCUT2D eigenvalue weighted by Gasteiger charge is -2.36. The average molecular weight is 275 g/mol. The van der Waals surface area contributed by atoms with E-state index in [9.17, 15) is 13.2 Å². The van der Waals surface area contributed by atoms with Crippen molar-refractivity contribution in [3.63, 3.8) is 0 Å². The Bertz CT molecular complexity index is 396. The molecule has 0 amide bonds. The van der Waals surface area contributed by atoms with Crippen molar-refractivity contribution >= 4 is 16.0 Å². The van der Waals surface area contributed by atoms with E-state index in [1.54, 1.807) is 0 Å². The molecular weight excluding hydrogens is 254 g/mol. The van der Waals surface area contributed by atoms with Gasteiger partial charge in [-0.2, -0.15) is 0 Å². The van der Waals surface area contributed by atoms with Gasteiger partial charge in [0, 0.05) is 6.54 Å². The maximum atomic E-state index is 11.6. The molecule has 0 aromatic carbocycles. The highest BCUT2D eigenvalue weighted by molar-refractivity contribution is 7.89. The van der Waals surface area contributed by atoms with Crippen molar-refractivity contribution in [2.45, 2.75) is 38.5 Å². The van der Waals surface area contributed by atoms with Gasteiger partial charge in [0.15, 0.2) is 0 Å². The predicted octanol–water partition coefficient (Wildman–Crippen LogP) is 1.52. The van der Waals surface area contributed by atoms with E-state index in [4.69, 9.17) is 5.11 Å². The summed E-state index contributed by atoms with van der Waals surface area (Å²) in [7, 11) is -3.37. The molecule has 0 radical (unpaired) electrons.